The number of nitrogens with zero attached hydrogens (tertiary/aromatic N) is 4. The molecule has 0 spiro atoms. The van der Waals surface area contributed by atoms with Crippen molar-refractivity contribution in [3.8, 4) is 0 Å². The van der Waals surface area contributed by atoms with Crippen molar-refractivity contribution in [1.82, 2.24) is 19.1 Å². The molecule has 1 atom stereocenters. The van der Waals surface area contributed by atoms with Crippen molar-refractivity contribution in [2.45, 2.75) is 26.4 Å². The van der Waals surface area contributed by atoms with Gasteiger partial charge in [-0.15, -0.1) is 0 Å². The molecule has 0 saturated carbocycles. The van der Waals surface area contributed by atoms with Crippen LogP contribution in [-0.4, -0.2) is 32.2 Å². The van der Waals surface area contributed by atoms with Gasteiger partial charge in [0.25, 0.3) is 0 Å². The van der Waals surface area contributed by atoms with E-state index in [0.717, 1.165) is 0 Å². The zero-order chi connectivity index (χ0) is 14.0. The van der Waals surface area contributed by atoms with Crippen LogP contribution >= 0.6 is 0 Å². The van der Waals surface area contributed by atoms with Crippen molar-refractivity contribution in [2.75, 3.05) is 12.8 Å². The van der Waals surface area contributed by atoms with E-state index in [9.17, 15) is 4.79 Å². The summed E-state index contributed by atoms with van der Waals surface area (Å²) in [5, 5.41) is 0. The van der Waals surface area contributed by atoms with E-state index in [2.05, 4.69) is 14.7 Å². The standard InChI is InChI=1S/C12H17N5O2/c1-8(6-16-5-4-14-7-16)17-9(2)15-10(11(17)13)12(18)19-3/h4-5,7-8H,6,13H2,1-3H3. The highest BCUT2D eigenvalue weighted by Crippen LogP contribution is 2.21. The number of esters is 1. The van der Waals surface area contributed by atoms with Gasteiger partial charge >= 0.3 is 5.97 Å². The number of hydrogen-bond acceptors (Lipinski definition) is 5. The summed E-state index contributed by atoms with van der Waals surface area (Å²) in [6.45, 7) is 4.52. The van der Waals surface area contributed by atoms with E-state index in [0.29, 0.717) is 18.2 Å². The first kappa shape index (κ1) is 13.1. The first-order chi connectivity index (χ1) is 9.04. The zero-order valence-electron chi connectivity index (χ0n) is 11.2. The Morgan fingerprint density at radius 3 is 2.89 bits per heavy atom. The second kappa shape index (κ2) is 5.13. The lowest BCUT2D eigenvalue weighted by Gasteiger charge is -2.17. The molecule has 0 amide bonds. The Morgan fingerprint density at radius 1 is 1.58 bits per heavy atom. The fraction of sp³-hybridized carbons (Fsp3) is 0.417. The molecule has 0 saturated heterocycles. The molecule has 7 heteroatoms. The van der Waals surface area contributed by atoms with Gasteiger partial charge in [-0.1, -0.05) is 0 Å². The first-order valence-electron chi connectivity index (χ1n) is 5.93. The molecular weight excluding hydrogens is 246 g/mol. The van der Waals surface area contributed by atoms with E-state index in [1.165, 1.54) is 7.11 Å². The normalized spacial score (nSPS) is 12.4. The van der Waals surface area contributed by atoms with Crippen molar-refractivity contribution in [3.05, 3.63) is 30.2 Å². The van der Waals surface area contributed by atoms with Gasteiger partial charge in [0.1, 0.15) is 11.6 Å². The summed E-state index contributed by atoms with van der Waals surface area (Å²) in [5.41, 5.74) is 6.15. The molecule has 0 aliphatic rings. The number of aromatic nitrogens is 4. The van der Waals surface area contributed by atoms with E-state index in [-0.39, 0.29) is 11.7 Å². The number of carbonyl (C=O) groups excluding carboxylic acids is 1. The van der Waals surface area contributed by atoms with Crippen LogP contribution < -0.4 is 5.73 Å². The van der Waals surface area contributed by atoms with Gasteiger partial charge in [0, 0.05) is 18.9 Å². The Balaban J connectivity index is 2.29. The second-order valence-electron chi connectivity index (χ2n) is 4.36. The average Bonchev–Trinajstić information content (AvgIpc) is 2.96. The number of anilines is 1. The molecule has 0 bridgehead atoms. The summed E-state index contributed by atoms with van der Waals surface area (Å²) < 4.78 is 8.43. The summed E-state index contributed by atoms with van der Waals surface area (Å²) in [6, 6.07) is 0.0557. The van der Waals surface area contributed by atoms with Crippen LogP contribution in [0.3, 0.4) is 0 Å². The monoisotopic (exact) mass is 263 g/mol. The Bertz CT molecular complexity index is 573. The number of ether oxygens (including phenoxy) is 1. The van der Waals surface area contributed by atoms with Gasteiger partial charge in [-0.3, -0.25) is 0 Å². The van der Waals surface area contributed by atoms with Crippen LogP contribution in [-0.2, 0) is 11.3 Å². The highest BCUT2D eigenvalue weighted by Gasteiger charge is 2.21. The Hall–Kier alpha value is -2.31. The minimum absolute atomic E-state index is 0.0557. The second-order valence-corrected chi connectivity index (χ2v) is 4.36. The molecule has 2 N–H and O–H groups in total. The highest BCUT2D eigenvalue weighted by molar-refractivity contribution is 5.92. The van der Waals surface area contributed by atoms with Gasteiger partial charge < -0.3 is 19.6 Å². The number of methoxy groups -OCH3 is 1. The van der Waals surface area contributed by atoms with Crippen LogP contribution in [0, 0.1) is 6.92 Å². The summed E-state index contributed by atoms with van der Waals surface area (Å²) in [6.07, 6.45) is 5.33. The molecule has 2 rings (SSSR count). The lowest BCUT2D eigenvalue weighted by Crippen LogP contribution is -2.16. The summed E-state index contributed by atoms with van der Waals surface area (Å²) >= 11 is 0. The molecule has 0 aliphatic heterocycles. The summed E-state index contributed by atoms with van der Waals surface area (Å²) in [7, 11) is 1.31. The molecule has 1 unspecified atom stereocenters. The van der Waals surface area contributed by atoms with Gasteiger partial charge in [0.15, 0.2) is 5.69 Å². The van der Waals surface area contributed by atoms with Crippen LogP contribution in [0.15, 0.2) is 18.7 Å². The molecule has 0 fully saturated rings. The maximum Gasteiger partial charge on any atom is 0.360 e. The van der Waals surface area contributed by atoms with E-state index >= 15 is 0 Å². The molecule has 19 heavy (non-hydrogen) atoms. The fourth-order valence-corrected chi connectivity index (χ4v) is 2.15. The number of aryl methyl sites for hydroxylation is 1. The Morgan fingerprint density at radius 2 is 2.32 bits per heavy atom. The topological polar surface area (TPSA) is 88.0 Å². The third kappa shape index (κ3) is 2.44. The van der Waals surface area contributed by atoms with Crippen molar-refractivity contribution in [3.63, 3.8) is 0 Å². The molecule has 0 aliphatic carbocycles. The van der Waals surface area contributed by atoms with Crippen molar-refractivity contribution < 1.29 is 9.53 Å². The molecule has 2 heterocycles. The fourth-order valence-electron chi connectivity index (χ4n) is 2.15. The predicted octanol–water partition coefficient (Wildman–Crippen LogP) is 1.02. The minimum Gasteiger partial charge on any atom is -0.464 e. The molecule has 0 aromatic carbocycles. The summed E-state index contributed by atoms with van der Waals surface area (Å²) in [4.78, 5) is 19.7. The smallest absolute Gasteiger partial charge is 0.360 e. The van der Waals surface area contributed by atoms with Crippen molar-refractivity contribution >= 4 is 11.8 Å². The lowest BCUT2D eigenvalue weighted by atomic mass is 10.3. The van der Waals surface area contributed by atoms with Crippen LogP contribution in [0.2, 0.25) is 0 Å². The molecular formula is C12H17N5O2. The van der Waals surface area contributed by atoms with Crippen LogP contribution in [0.4, 0.5) is 5.82 Å². The Labute approximate surface area is 111 Å². The number of carbonyl (C=O) groups is 1. The van der Waals surface area contributed by atoms with E-state index in [1.54, 1.807) is 12.5 Å². The third-order valence-electron chi connectivity index (χ3n) is 2.98. The Kier molecular flexibility index (Phi) is 3.55. The predicted molar refractivity (Wildman–Crippen MR) is 69.7 cm³/mol. The largest absolute Gasteiger partial charge is 0.464 e. The highest BCUT2D eigenvalue weighted by atomic mass is 16.5. The van der Waals surface area contributed by atoms with Gasteiger partial charge in [-0.05, 0) is 13.8 Å². The maximum atomic E-state index is 11.5. The first-order valence-corrected chi connectivity index (χ1v) is 5.93. The average molecular weight is 263 g/mol. The molecule has 0 radical (unpaired) electrons. The van der Waals surface area contributed by atoms with Crippen LogP contribution in [0.25, 0.3) is 0 Å². The van der Waals surface area contributed by atoms with Gasteiger partial charge in [-0.25, -0.2) is 14.8 Å². The number of hydrogen-bond donors (Lipinski definition) is 1. The number of nitrogen functional groups attached to an aromatic ring is 1. The van der Waals surface area contributed by atoms with Crippen molar-refractivity contribution in [2.24, 2.45) is 0 Å². The van der Waals surface area contributed by atoms with Gasteiger partial charge in [0.2, 0.25) is 0 Å². The molecule has 102 valence electrons. The lowest BCUT2D eigenvalue weighted by molar-refractivity contribution is 0.0595. The number of imidazole rings is 2. The molecule has 2 aromatic heterocycles. The zero-order valence-corrected chi connectivity index (χ0v) is 11.2. The maximum absolute atomic E-state index is 11.5. The van der Waals surface area contributed by atoms with Gasteiger partial charge in [-0.2, -0.15) is 0 Å². The van der Waals surface area contributed by atoms with Gasteiger partial charge in [0.05, 0.1) is 19.5 Å². The van der Waals surface area contributed by atoms with Crippen molar-refractivity contribution in [1.29, 1.82) is 0 Å². The van der Waals surface area contributed by atoms with Crippen LogP contribution in [0.5, 0.6) is 0 Å². The van der Waals surface area contributed by atoms with E-state index < -0.39 is 5.97 Å². The number of rotatable bonds is 4. The molecule has 2 aromatic rings. The SMILES string of the molecule is COC(=O)c1nc(C)n(C(C)Cn2ccnc2)c1N. The van der Waals surface area contributed by atoms with E-state index in [4.69, 9.17) is 5.73 Å². The third-order valence-corrected chi connectivity index (χ3v) is 2.98. The number of nitrogens with two attached hydrogens (primary N) is 1. The van der Waals surface area contributed by atoms with Crippen LogP contribution in [0.1, 0.15) is 29.3 Å². The summed E-state index contributed by atoms with van der Waals surface area (Å²) in [5.74, 6) is 0.497. The van der Waals surface area contributed by atoms with E-state index in [1.807, 2.05) is 29.2 Å². The quantitative estimate of drug-likeness (QED) is 0.832. The minimum atomic E-state index is -0.519. The molecule has 7 nitrogen and oxygen atoms in total.